The molecule has 3 atom stereocenters. The van der Waals surface area contributed by atoms with Gasteiger partial charge in [0.15, 0.2) is 0 Å². The van der Waals surface area contributed by atoms with Gasteiger partial charge in [0.05, 0.1) is 12.7 Å². The van der Waals surface area contributed by atoms with E-state index in [9.17, 15) is 0 Å². The van der Waals surface area contributed by atoms with Crippen LogP contribution in [-0.4, -0.2) is 39.5 Å². The summed E-state index contributed by atoms with van der Waals surface area (Å²) >= 11 is 0. The molecule has 1 heterocycles. The molecule has 1 saturated carbocycles. The third-order valence-corrected chi connectivity index (χ3v) is 4.52. The lowest BCUT2D eigenvalue weighted by atomic mass is 9.86. The molecule has 1 aliphatic carbocycles. The van der Waals surface area contributed by atoms with Gasteiger partial charge in [-0.3, -0.25) is 0 Å². The van der Waals surface area contributed by atoms with Crippen LogP contribution < -0.4 is 5.32 Å². The first-order valence-corrected chi connectivity index (χ1v) is 6.99. The zero-order valence-electron chi connectivity index (χ0n) is 11.5. The van der Waals surface area contributed by atoms with Crippen LogP contribution in [0.5, 0.6) is 0 Å². The SMILES string of the molecule is COCCNCC1CC12CCOC(C(C)C)C2. The summed E-state index contributed by atoms with van der Waals surface area (Å²) in [5, 5.41) is 3.50. The number of nitrogens with one attached hydrogen (secondary N) is 1. The summed E-state index contributed by atoms with van der Waals surface area (Å²) in [6, 6.07) is 0. The standard InChI is InChI=1S/C14H27NO2/c1-11(2)13-9-14(4-6-17-13)8-12(14)10-15-5-7-16-3/h11-13,15H,4-10H2,1-3H3. The van der Waals surface area contributed by atoms with Crippen molar-refractivity contribution < 1.29 is 9.47 Å². The summed E-state index contributed by atoms with van der Waals surface area (Å²) in [4.78, 5) is 0. The molecule has 100 valence electrons. The topological polar surface area (TPSA) is 30.5 Å². The predicted molar refractivity (Wildman–Crippen MR) is 69.1 cm³/mol. The van der Waals surface area contributed by atoms with Gasteiger partial charge in [-0.25, -0.2) is 0 Å². The highest BCUT2D eigenvalue weighted by Crippen LogP contribution is 2.60. The van der Waals surface area contributed by atoms with E-state index in [0.29, 0.717) is 17.4 Å². The minimum Gasteiger partial charge on any atom is -0.383 e. The van der Waals surface area contributed by atoms with Crippen LogP contribution in [0, 0.1) is 17.3 Å². The Hall–Kier alpha value is -0.120. The first kappa shape index (κ1) is 13.3. The molecule has 1 N–H and O–H groups in total. The number of hydrogen-bond donors (Lipinski definition) is 1. The average molecular weight is 241 g/mol. The minimum atomic E-state index is 0.493. The van der Waals surface area contributed by atoms with Gasteiger partial charge in [-0.15, -0.1) is 0 Å². The minimum absolute atomic E-state index is 0.493. The zero-order valence-corrected chi connectivity index (χ0v) is 11.5. The molecular formula is C14H27NO2. The van der Waals surface area contributed by atoms with E-state index in [2.05, 4.69) is 19.2 Å². The third-order valence-electron chi connectivity index (χ3n) is 4.52. The Morgan fingerprint density at radius 3 is 2.94 bits per heavy atom. The van der Waals surface area contributed by atoms with E-state index in [1.165, 1.54) is 19.3 Å². The fourth-order valence-electron chi connectivity index (χ4n) is 3.13. The molecule has 17 heavy (non-hydrogen) atoms. The molecule has 0 aromatic carbocycles. The second-order valence-corrected chi connectivity index (χ2v) is 6.07. The fraction of sp³-hybridized carbons (Fsp3) is 1.00. The summed E-state index contributed by atoms with van der Waals surface area (Å²) < 4.78 is 10.9. The van der Waals surface area contributed by atoms with E-state index in [1.807, 2.05) is 0 Å². The first-order chi connectivity index (χ1) is 8.18. The van der Waals surface area contributed by atoms with Crippen molar-refractivity contribution in [2.45, 2.75) is 39.2 Å². The number of ether oxygens (including phenoxy) is 2. The number of hydrogen-bond acceptors (Lipinski definition) is 3. The molecule has 0 aromatic heterocycles. The van der Waals surface area contributed by atoms with E-state index in [0.717, 1.165) is 32.2 Å². The molecule has 1 saturated heterocycles. The first-order valence-electron chi connectivity index (χ1n) is 6.99. The third kappa shape index (κ3) is 3.21. The summed E-state index contributed by atoms with van der Waals surface area (Å²) in [6.45, 7) is 8.48. The normalized spacial score (nSPS) is 36.7. The molecule has 0 aromatic rings. The molecule has 3 unspecified atom stereocenters. The molecule has 2 fully saturated rings. The Balaban J connectivity index is 1.71. The average Bonchev–Trinajstić information content (AvgIpc) is 2.97. The van der Waals surface area contributed by atoms with Crippen molar-refractivity contribution in [3.63, 3.8) is 0 Å². The van der Waals surface area contributed by atoms with Crippen LogP contribution in [0.4, 0.5) is 0 Å². The highest BCUT2D eigenvalue weighted by Gasteiger charge is 2.55. The van der Waals surface area contributed by atoms with E-state index in [1.54, 1.807) is 7.11 Å². The van der Waals surface area contributed by atoms with Gasteiger partial charge in [-0.05, 0) is 43.1 Å². The Morgan fingerprint density at radius 2 is 2.24 bits per heavy atom. The van der Waals surface area contributed by atoms with Crippen LogP contribution in [0.2, 0.25) is 0 Å². The summed E-state index contributed by atoms with van der Waals surface area (Å²) in [7, 11) is 1.76. The second-order valence-electron chi connectivity index (χ2n) is 6.07. The van der Waals surface area contributed by atoms with Gasteiger partial charge in [0, 0.05) is 20.3 Å². The van der Waals surface area contributed by atoms with Gasteiger partial charge in [-0.1, -0.05) is 13.8 Å². The molecule has 1 aliphatic heterocycles. The number of rotatable bonds is 6. The van der Waals surface area contributed by atoms with Gasteiger partial charge in [0.1, 0.15) is 0 Å². The van der Waals surface area contributed by atoms with Gasteiger partial charge in [0.25, 0.3) is 0 Å². The van der Waals surface area contributed by atoms with Crippen molar-refractivity contribution >= 4 is 0 Å². The largest absolute Gasteiger partial charge is 0.383 e. The van der Waals surface area contributed by atoms with E-state index in [-0.39, 0.29) is 0 Å². The molecular weight excluding hydrogens is 214 g/mol. The summed E-state index contributed by atoms with van der Waals surface area (Å²) in [6.07, 6.45) is 4.45. The number of methoxy groups -OCH3 is 1. The second kappa shape index (κ2) is 5.68. The molecule has 0 amide bonds. The maximum atomic E-state index is 5.87. The maximum absolute atomic E-state index is 5.87. The highest BCUT2D eigenvalue weighted by molar-refractivity contribution is 5.05. The predicted octanol–water partition coefficient (Wildman–Crippen LogP) is 2.06. The van der Waals surface area contributed by atoms with Crippen molar-refractivity contribution in [3.05, 3.63) is 0 Å². The maximum Gasteiger partial charge on any atom is 0.0603 e. The van der Waals surface area contributed by atoms with Crippen molar-refractivity contribution in [2.24, 2.45) is 17.3 Å². The monoisotopic (exact) mass is 241 g/mol. The molecule has 2 rings (SSSR count). The Labute approximate surface area is 105 Å². The smallest absolute Gasteiger partial charge is 0.0603 e. The zero-order chi connectivity index (χ0) is 12.3. The fourth-order valence-corrected chi connectivity index (χ4v) is 3.13. The lowest BCUT2D eigenvalue weighted by Crippen LogP contribution is -2.33. The van der Waals surface area contributed by atoms with Gasteiger partial charge in [-0.2, -0.15) is 0 Å². The Kier molecular flexibility index (Phi) is 4.45. The van der Waals surface area contributed by atoms with Gasteiger partial charge in [0.2, 0.25) is 0 Å². The lowest BCUT2D eigenvalue weighted by Gasteiger charge is -2.33. The Bertz CT molecular complexity index is 244. The van der Waals surface area contributed by atoms with Crippen molar-refractivity contribution in [3.8, 4) is 0 Å². The van der Waals surface area contributed by atoms with Crippen molar-refractivity contribution in [2.75, 3.05) is 33.4 Å². The van der Waals surface area contributed by atoms with Gasteiger partial charge >= 0.3 is 0 Å². The van der Waals surface area contributed by atoms with E-state index in [4.69, 9.17) is 9.47 Å². The lowest BCUT2D eigenvalue weighted by molar-refractivity contribution is -0.0444. The summed E-state index contributed by atoms with van der Waals surface area (Å²) in [5.41, 5.74) is 0.618. The molecule has 3 heteroatoms. The van der Waals surface area contributed by atoms with Crippen LogP contribution >= 0.6 is 0 Å². The van der Waals surface area contributed by atoms with E-state index < -0.39 is 0 Å². The van der Waals surface area contributed by atoms with E-state index >= 15 is 0 Å². The van der Waals surface area contributed by atoms with Crippen molar-refractivity contribution in [1.82, 2.24) is 5.32 Å². The van der Waals surface area contributed by atoms with Crippen LogP contribution in [0.25, 0.3) is 0 Å². The Morgan fingerprint density at radius 1 is 1.41 bits per heavy atom. The van der Waals surface area contributed by atoms with Crippen molar-refractivity contribution in [1.29, 1.82) is 0 Å². The summed E-state index contributed by atoms with van der Waals surface area (Å²) in [5.74, 6) is 1.54. The molecule has 1 spiro atoms. The van der Waals surface area contributed by atoms with Crippen LogP contribution in [0.3, 0.4) is 0 Å². The molecule has 0 radical (unpaired) electrons. The molecule has 2 aliphatic rings. The molecule has 3 nitrogen and oxygen atoms in total. The molecule has 0 bridgehead atoms. The van der Waals surface area contributed by atoms with Gasteiger partial charge < -0.3 is 14.8 Å². The van der Waals surface area contributed by atoms with Crippen LogP contribution in [0.15, 0.2) is 0 Å². The van der Waals surface area contributed by atoms with Crippen LogP contribution in [-0.2, 0) is 9.47 Å². The quantitative estimate of drug-likeness (QED) is 0.722. The van der Waals surface area contributed by atoms with Crippen LogP contribution in [0.1, 0.15) is 33.1 Å². The highest BCUT2D eigenvalue weighted by atomic mass is 16.5.